The van der Waals surface area contributed by atoms with E-state index >= 15 is 0 Å². The van der Waals surface area contributed by atoms with Gasteiger partial charge in [0.2, 0.25) is 5.91 Å². The molecule has 0 bridgehead atoms. The van der Waals surface area contributed by atoms with E-state index in [9.17, 15) is 14.0 Å². The molecule has 17 heavy (non-hydrogen) atoms. The molecule has 1 aliphatic heterocycles. The molecule has 1 heterocycles. The third kappa shape index (κ3) is 2.00. The zero-order valence-electron chi connectivity index (χ0n) is 9.66. The predicted molar refractivity (Wildman–Crippen MR) is 60.9 cm³/mol. The van der Waals surface area contributed by atoms with Crippen LogP contribution < -0.4 is 5.32 Å². The minimum atomic E-state index is -0.664. The van der Waals surface area contributed by atoms with Gasteiger partial charge in [-0.1, -0.05) is 12.1 Å². The zero-order valence-corrected chi connectivity index (χ0v) is 9.66. The van der Waals surface area contributed by atoms with Crippen molar-refractivity contribution in [3.05, 3.63) is 29.6 Å². The minimum absolute atomic E-state index is 0.0725. The number of anilines is 1. The molecule has 1 unspecified atom stereocenters. The number of nitrogens with one attached hydrogen (secondary N) is 1. The number of para-hydroxylation sites is 1. The Kier molecular flexibility index (Phi) is 2.83. The third-order valence-corrected chi connectivity index (χ3v) is 2.92. The highest BCUT2D eigenvalue weighted by molar-refractivity contribution is 6.06. The van der Waals surface area contributed by atoms with Gasteiger partial charge < -0.3 is 5.32 Å². The van der Waals surface area contributed by atoms with E-state index in [1.165, 1.54) is 13.1 Å². The van der Waals surface area contributed by atoms with Gasteiger partial charge in [-0.2, -0.15) is 0 Å². The summed E-state index contributed by atoms with van der Waals surface area (Å²) in [6.07, 6.45) is 0.0725. The topological polar surface area (TPSA) is 49.4 Å². The molecule has 1 aromatic carbocycles. The summed E-state index contributed by atoms with van der Waals surface area (Å²) in [6, 6.07) is 4.00. The predicted octanol–water partition coefficient (Wildman–Crippen LogP) is 1.30. The van der Waals surface area contributed by atoms with Gasteiger partial charge in [0.15, 0.2) is 0 Å². The monoisotopic (exact) mass is 236 g/mol. The molecule has 0 radical (unpaired) electrons. The van der Waals surface area contributed by atoms with Crippen LogP contribution >= 0.6 is 0 Å². The molecule has 2 amide bonds. The Morgan fingerprint density at radius 2 is 2.12 bits per heavy atom. The smallest absolute Gasteiger partial charge is 0.251 e. The van der Waals surface area contributed by atoms with Gasteiger partial charge in [-0.25, -0.2) is 4.39 Å². The molecule has 1 saturated heterocycles. The lowest BCUT2D eigenvalue weighted by Crippen LogP contribution is -2.32. The van der Waals surface area contributed by atoms with E-state index in [4.69, 9.17) is 0 Å². The molecule has 1 aromatic rings. The van der Waals surface area contributed by atoms with Gasteiger partial charge in [0.1, 0.15) is 11.9 Å². The molecule has 1 aliphatic rings. The van der Waals surface area contributed by atoms with Crippen molar-refractivity contribution in [2.45, 2.75) is 19.4 Å². The third-order valence-electron chi connectivity index (χ3n) is 2.92. The molecule has 2 rings (SSSR count). The van der Waals surface area contributed by atoms with Crippen LogP contribution in [0.15, 0.2) is 18.2 Å². The number of amides is 2. The van der Waals surface area contributed by atoms with Crippen LogP contribution in [0.3, 0.4) is 0 Å². The standard InChI is InChI=1S/C12H13FN2O2/c1-7-4-3-5-8(13)11(7)14-9-6-10(16)15(2)12(9)17/h3-5,9,14H,6H2,1-2H3. The maximum atomic E-state index is 13.6. The number of rotatable bonds is 2. The Balaban J connectivity index is 2.23. The van der Waals surface area contributed by atoms with E-state index in [0.29, 0.717) is 5.56 Å². The molecule has 0 aromatic heterocycles. The van der Waals surface area contributed by atoms with E-state index in [-0.39, 0.29) is 23.9 Å². The summed E-state index contributed by atoms with van der Waals surface area (Å²) in [5.41, 5.74) is 0.994. The number of carbonyl (C=O) groups is 2. The van der Waals surface area contributed by atoms with Crippen LogP contribution in [0.2, 0.25) is 0 Å². The van der Waals surface area contributed by atoms with Crippen molar-refractivity contribution in [2.24, 2.45) is 0 Å². The highest BCUT2D eigenvalue weighted by atomic mass is 19.1. The molecule has 0 spiro atoms. The summed E-state index contributed by atoms with van der Waals surface area (Å²) >= 11 is 0. The number of likely N-dealkylation sites (tertiary alicyclic amines) is 1. The van der Waals surface area contributed by atoms with Crippen LogP contribution in [-0.4, -0.2) is 29.8 Å². The maximum absolute atomic E-state index is 13.6. The van der Waals surface area contributed by atoms with Crippen LogP contribution in [0.4, 0.5) is 10.1 Å². The van der Waals surface area contributed by atoms with Crippen LogP contribution in [0, 0.1) is 12.7 Å². The SMILES string of the molecule is Cc1cccc(F)c1NC1CC(=O)N(C)C1=O. The van der Waals surface area contributed by atoms with Gasteiger partial charge in [0.25, 0.3) is 5.91 Å². The van der Waals surface area contributed by atoms with E-state index < -0.39 is 11.9 Å². The second kappa shape index (κ2) is 4.16. The second-order valence-electron chi connectivity index (χ2n) is 4.12. The van der Waals surface area contributed by atoms with Gasteiger partial charge in [-0.15, -0.1) is 0 Å². The first kappa shape index (κ1) is 11.6. The number of hydrogen-bond acceptors (Lipinski definition) is 3. The van der Waals surface area contributed by atoms with Crippen molar-refractivity contribution in [2.75, 3.05) is 12.4 Å². The molecular weight excluding hydrogens is 223 g/mol. The molecule has 1 atom stereocenters. The number of benzene rings is 1. The first-order valence-corrected chi connectivity index (χ1v) is 5.32. The van der Waals surface area contributed by atoms with Gasteiger partial charge in [-0.05, 0) is 18.6 Å². The summed E-state index contributed by atoms with van der Waals surface area (Å²) in [6.45, 7) is 1.75. The Hall–Kier alpha value is -1.91. The number of nitrogens with zero attached hydrogens (tertiary/aromatic N) is 1. The minimum Gasteiger partial charge on any atom is -0.371 e. The first-order valence-electron chi connectivity index (χ1n) is 5.32. The number of carbonyl (C=O) groups excluding carboxylic acids is 2. The van der Waals surface area contributed by atoms with Crippen molar-refractivity contribution in [3.8, 4) is 0 Å². The molecule has 0 saturated carbocycles. The van der Waals surface area contributed by atoms with E-state index in [2.05, 4.69) is 5.32 Å². The fourth-order valence-corrected chi connectivity index (χ4v) is 1.86. The zero-order chi connectivity index (χ0) is 12.6. The molecule has 4 nitrogen and oxygen atoms in total. The lowest BCUT2D eigenvalue weighted by Gasteiger charge is -2.15. The van der Waals surface area contributed by atoms with Gasteiger partial charge in [-0.3, -0.25) is 14.5 Å². The van der Waals surface area contributed by atoms with Crippen molar-refractivity contribution in [1.82, 2.24) is 4.90 Å². The van der Waals surface area contributed by atoms with E-state index in [1.54, 1.807) is 19.1 Å². The van der Waals surface area contributed by atoms with Crippen LogP contribution in [0.5, 0.6) is 0 Å². The van der Waals surface area contributed by atoms with Crippen molar-refractivity contribution >= 4 is 17.5 Å². The van der Waals surface area contributed by atoms with E-state index in [1.807, 2.05) is 0 Å². The fourth-order valence-electron chi connectivity index (χ4n) is 1.86. The highest BCUT2D eigenvalue weighted by Gasteiger charge is 2.36. The Morgan fingerprint density at radius 3 is 2.65 bits per heavy atom. The summed E-state index contributed by atoms with van der Waals surface area (Å²) in [5.74, 6) is -0.987. The van der Waals surface area contributed by atoms with Crippen molar-refractivity contribution < 1.29 is 14.0 Å². The normalized spacial score (nSPS) is 19.9. The summed E-state index contributed by atoms with van der Waals surface area (Å²) in [5, 5.41) is 2.80. The lowest BCUT2D eigenvalue weighted by molar-refractivity contribution is -0.136. The number of hydrogen-bond donors (Lipinski definition) is 1. The summed E-state index contributed by atoms with van der Waals surface area (Å²) in [4.78, 5) is 24.1. The molecular formula is C12H13FN2O2. The molecule has 0 aliphatic carbocycles. The van der Waals surface area contributed by atoms with Gasteiger partial charge >= 0.3 is 0 Å². The largest absolute Gasteiger partial charge is 0.371 e. The number of likely N-dealkylation sites (N-methyl/N-ethyl adjacent to an activating group) is 1. The molecule has 90 valence electrons. The van der Waals surface area contributed by atoms with Crippen molar-refractivity contribution in [1.29, 1.82) is 0 Å². The molecule has 1 N–H and O–H groups in total. The summed E-state index contributed by atoms with van der Waals surface area (Å²) in [7, 11) is 1.43. The lowest BCUT2D eigenvalue weighted by atomic mass is 10.1. The fraction of sp³-hybridized carbons (Fsp3) is 0.333. The average Bonchev–Trinajstić information content (AvgIpc) is 2.52. The number of aryl methyl sites for hydroxylation is 1. The highest BCUT2D eigenvalue weighted by Crippen LogP contribution is 2.23. The van der Waals surface area contributed by atoms with E-state index in [0.717, 1.165) is 4.90 Å². The van der Waals surface area contributed by atoms with Crippen LogP contribution in [-0.2, 0) is 9.59 Å². The Morgan fingerprint density at radius 1 is 1.41 bits per heavy atom. The molecule has 5 heteroatoms. The average molecular weight is 236 g/mol. The van der Waals surface area contributed by atoms with Gasteiger partial charge in [0, 0.05) is 7.05 Å². The number of halogens is 1. The summed E-state index contributed by atoms with van der Waals surface area (Å²) < 4.78 is 13.6. The quantitative estimate of drug-likeness (QED) is 0.787. The Bertz CT molecular complexity index is 467. The van der Waals surface area contributed by atoms with Crippen LogP contribution in [0.1, 0.15) is 12.0 Å². The maximum Gasteiger partial charge on any atom is 0.251 e. The Labute approximate surface area is 98.4 Å². The second-order valence-corrected chi connectivity index (χ2v) is 4.12. The number of imide groups is 1. The van der Waals surface area contributed by atoms with Crippen molar-refractivity contribution in [3.63, 3.8) is 0 Å². The first-order chi connectivity index (χ1) is 8.00. The molecule has 1 fully saturated rings. The van der Waals surface area contributed by atoms with Gasteiger partial charge in [0.05, 0.1) is 12.1 Å². The van der Waals surface area contributed by atoms with Crippen LogP contribution in [0.25, 0.3) is 0 Å².